The molecule has 2 N–H and O–H groups in total. The maximum atomic E-state index is 13.5. The molecule has 1 aliphatic rings. The van der Waals surface area contributed by atoms with Crippen molar-refractivity contribution in [1.29, 1.82) is 5.26 Å². The molecule has 2 amide bonds. The van der Waals surface area contributed by atoms with Gasteiger partial charge in [0.25, 0.3) is 0 Å². The first-order valence-electron chi connectivity index (χ1n) is 5.99. The summed E-state index contributed by atoms with van der Waals surface area (Å²) < 4.78 is 18.7. The van der Waals surface area contributed by atoms with Crippen LogP contribution < -0.4 is 10.6 Å². The van der Waals surface area contributed by atoms with Gasteiger partial charge in [0.15, 0.2) is 0 Å². The number of nitrogens with zero attached hydrogens (tertiary/aromatic N) is 1. The quantitative estimate of drug-likeness (QED) is 0.862. The number of nitriles is 1. The molecule has 0 aromatic heterocycles. The van der Waals surface area contributed by atoms with Crippen LogP contribution in [0.4, 0.5) is 9.18 Å². The van der Waals surface area contributed by atoms with E-state index in [1.165, 1.54) is 12.1 Å². The van der Waals surface area contributed by atoms with Gasteiger partial charge in [-0.1, -0.05) is 6.07 Å². The molecule has 1 aromatic rings. The molecule has 1 saturated heterocycles. The molecule has 2 rings (SSSR count). The van der Waals surface area contributed by atoms with Gasteiger partial charge in [0, 0.05) is 18.7 Å². The van der Waals surface area contributed by atoms with Crippen LogP contribution in [0.15, 0.2) is 18.2 Å². The zero-order chi connectivity index (χ0) is 13.7. The van der Waals surface area contributed by atoms with E-state index in [4.69, 9.17) is 10.00 Å². The van der Waals surface area contributed by atoms with Crippen LogP contribution in [0.1, 0.15) is 17.5 Å². The van der Waals surface area contributed by atoms with Crippen LogP contribution in [0.3, 0.4) is 0 Å². The zero-order valence-electron chi connectivity index (χ0n) is 10.3. The standard InChI is InChI=1S/C13H14FN3O2/c14-12-5-9(6-15)1-2-10(12)7-16-13(18)17-11-3-4-19-8-11/h1-2,5,11H,3-4,7-8H2,(H2,16,17,18). The van der Waals surface area contributed by atoms with Gasteiger partial charge in [0.05, 0.1) is 24.3 Å². The smallest absolute Gasteiger partial charge is 0.315 e. The van der Waals surface area contributed by atoms with Crippen molar-refractivity contribution < 1.29 is 13.9 Å². The second-order valence-electron chi connectivity index (χ2n) is 4.31. The summed E-state index contributed by atoms with van der Waals surface area (Å²) in [7, 11) is 0. The third kappa shape index (κ3) is 3.66. The summed E-state index contributed by atoms with van der Waals surface area (Å²) in [6.07, 6.45) is 0.790. The van der Waals surface area contributed by atoms with Gasteiger partial charge in [-0.15, -0.1) is 0 Å². The Morgan fingerprint density at radius 3 is 3.05 bits per heavy atom. The summed E-state index contributed by atoms with van der Waals surface area (Å²) in [4.78, 5) is 11.6. The number of amides is 2. The van der Waals surface area contributed by atoms with Gasteiger partial charge in [-0.3, -0.25) is 0 Å². The van der Waals surface area contributed by atoms with Crippen LogP contribution in [0.2, 0.25) is 0 Å². The van der Waals surface area contributed by atoms with E-state index in [-0.39, 0.29) is 24.2 Å². The van der Waals surface area contributed by atoms with E-state index in [0.717, 1.165) is 12.5 Å². The van der Waals surface area contributed by atoms with Crippen LogP contribution in [0, 0.1) is 17.1 Å². The fourth-order valence-corrected chi connectivity index (χ4v) is 1.82. The molecule has 1 aromatic carbocycles. The molecule has 5 nitrogen and oxygen atoms in total. The number of nitrogens with one attached hydrogen (secondary N) is 2. The number of carbonyl (C=O) groups is 1. The van der Waals surface area contributed by atoms with Gasteiger partial charge >= 0.3 is 6.03 Å². The Hall–Kier alpha value is -2.13. The van der Waals surface area contributed by atoms with Crippen LogP contribution >= 0.6 is 0 Å². The highest BCUT2D eigenvalue weighted by Crippen LogP contribution is 2.09. The number of hydrogen-bond acceptors (Lipinski definition) is 3. The van der Waals surface area contributed by atoms with Gasteiger partial charge in [-0.25, -0.2) is 9.18 Å². The molecular formula is C13H14FN3O2. The first-order valence-corrected chi connectivity index (χ1v) is 5.99. The zero-order valence-corrected chi connectivity index (χ0v) is 10.3. The third-order valence-corrected chi connectivity index (χ3v) is 2.89. The molecule has 6 heteroatoms. The molecular weight excluding hydrogens is 249 g/mol. The number of halogens is 1. The molecule has 1 unspecified atom stereocenters. The maximum Gasteiger partial charge on any atom is 0.315 e. The molecule has 1 aliphatic heterocycles. The summed E-state index contributed by atoms with van der Waals surface area (Å²) in [5.74, 6) is -0.497. The molecule has 0 spiro atoms. The van der Waals surface area contributed by atoms with E-state index < -0.39 is 5.82 Å². The van der Waals surface area contributed by atoms with Gasteiger partial charge in [-0.05, 0) is 18.6 Å². The monoisotopic (exact) mass is 263 g/mol. The molecule has 0 saturated carbocycles. The van der Waals surface area contributed by atoms with Crippen molar-refractivity contribution in [3.63, 3.8) is 0 Å². The molecule has 100 valence electrons. The Bertz CT molecular complexity index is 507. The van der Waals surface area contributed by atoms with Crippen molar-refractivity contribution in [1.82, 2.24) is 10.6 Å². The SMILES string of the molecule is N#Cc1ccc(CNC(=O)NC2CCOC2)c(F)c1. The minimum atomic E-state index is -0.497. The van der Waals surface area contributed by atoms with E-state index in [1.807, 2.05) is 6.07 Å². The Morgan fingerprint density at radius 2 is 2.42 bits per heavy atom. The van der Waals surface area contributed by atoms with Crippen molar-refractivity contribution in [2.75, 3.05) is 13.2 Å². The maximum absolute atomic E-state index is 13.5. The van der Waals surface area contributed by atoms with E-state index in [2.05, 4.69) is 10.6 Å². The van der Waals surface area contributed by atoms with E-state index in [1.54, 1.807) is 0 Å². The molecule has 0 aliphatic carbocycles. The summed E-state index contributed by atoms with van der Waals surface area (Å²) in [5.41, 5.74) is 0.602. The predicted octanol–water partition coefficient (Wildman–Crippen LogP) is 1.29. The van der Waals surface area contributed by atoms with E-state index in [9.17, 15) is 9.18 Å². The van der Waals surface area contributed by atoms with E-state index in [0.29, 0.717) is 18.8 Å². The average molecular weight is 263 g/mol. The average Bonchev–Trinajstić information content (AvgIpc) is 2.90. The Kier molecular flexibility index (Phi) is 4.31. The molecule has 1 heterocycles. The largest absolute Gasteiger partial charge is 0.379 e. The van der Waals surface area contributed by atoms with Crippen molar-refractivity contribution in [2.24, 2.45) is 0 Å². The summed E-state index contributed by atoms with van der Waals surface area (Å²) in [6.45, 7) is 1.24. The highest BCUT2D eigenvalue weighted by atomic mass is 19.1. The molecule has 19 heavy (non-hydrogen) atoms. The second kappa shape index (κ2) is 6.16. The van der Waals surface area contributed by atoms with E-state index >= 15 is 0 Å². The minimum absolute atomic E-state index is 0.0193. The summed E-state index contributed by atoms with van der Waals surface area (Å²) in [5, 5.41) is 13.9. The number of hydrogen-bond donors (Lipinski definition) is 2. The van der Waals surface area contributed by atoms with Gasteiger partial charge in [0.2, 0.25) is 0 Å². The fourth-order valence-electron chi connectivity index (χ4n) is 1.82. The molecule has 1 atom stereocenters. The van der Waals surface area contributed by atoms with Gasteiger partial charge in [0.1, 0.15) is 5.82 Å². The topological polar surface area (TPSA) is 74.2 Å². The normalized spacial score (nSPS) is 17.8. The van der Waals surface area contributed by atoms with Crippen LogP contribution in [0.25, 0.3) is 0 Å². The Morgan fingerprint density at radius 1 is 1.58 bits per heavy atom. The van der Waals surface area contributed by atoms with Crippen LogP contribution in [-0.2, 0) is 11.3 Å². The Labute approximate surface area is 110 Å². The van der Waals surface area contributed by atoms with Crippen molar-refractivity contribution >= 4 is 6.03 Å². The number of ether oxygens (including phenoxy) is 1. The number of rotatable bonds is 3. The first-order chi connectivity index (χ1) is 9.19. The number of benzene rings is 1. The van der Waals surface area contributed by atoms with Crippen molar-refractivity contribution in [2.45, 2.75) is 19.0 Å². The number of urea groups is 1. The minimum Gasteiger partial charge on any atom is -0.379 e. The molecule has 0 radical (unpaired) electrons. The summed E-state index contributed by atoms with van der Waals surface area (Å²) >= 11 is 0. The highest BCUT2D eigenvalue weighted by Gasteiger charge is 2.17. The lowest BCUT2D eigenvalue weighted by molar-refractivity contribution is 0.188. The van der Waals surface area contributed by atoms with Crippen LogP contribution in [0.5, 0.6) is 0 Å². The first kappa shape index (κ1) is 13.3. The number of carbonyl (C=O) groups excluding carboxylic acids is 1. The lowest BCUT2D eigenvalue weighted by Crippen LogP contribution is -2.42. The lowest BCUT2D eigenvalue weighted by atomic mass is 10.1. The highest BCUT2D eigenvalue weighted by molar-refractivity contribution is 5.74. The predicted molar refractivity (Wildman–Crippen MR) is 65.7 cm³/mol. The molecule has 0 bridgehead atoms. The fraction of sp³-hybridized carbons (Fsp3) is 0.385. The van der Waals surface area contributed by atoms with Crippen molar-refractivity contribution in [3.05, 3.63) is 35.1 Å². The third-order valence-electron chi connectivity index (χ3n) is 2.89. The molecule has 1 fully saturated rings. The second-order valence-corrected chi connectivity index (χ2v) is 4.31. The van der Waals surface area contributed by atoms with Gasteiger partial charge < -0.3 is 15.4 Å². The van der Waals surface area contributed by atoms with Crippen molar-refractivity contribution in [3.8, 4) is 6.07 Å². The summed E-state index contributed by atoms with van der Waals surface area (Å²) in [6, 6.07) is 5.69. The lowest BCUT2D eigenvalue weighted by Gasteiger charge is -2.12. The van der Waals surface area contributed by atoms with Crippen LogP contribution in [-0.4, -0.2) is 25.3 Å². The Balaban J connectivity index is 1.84. The van der Waals surface area contributed by atoms with Gasteiger partial charge in [-0.2, -0.15) is 5.26 Å².